The van der Waals surface area contributed by atoms with Crippen molar-refractivity contribution in [3.05, 3.63) is 77.4 Å². The summed E-state index contributed by atoms with van der Waals surface area (Å²) in [5.74, 6) is 0. The highest BCUT2D eigenvalue weighted by atomic mass is 15.0. The summed E-state index contributed by atoms with van der Waals surface area (Å²) in [5.41, 5.74) is 6.52. The SMILES string of the molecule is Cc1cc(C#N)cc(C)c1-n1c2ccccc2c2ccccc21. The van der Waals surface area contributed by atoms with Crippen LogP contribution in [0.4, 0.5) is 0 Å². The van der Waals surface area contributed by atoms with Crippen LogP contribution in [0, 0.1) is 25.2 Å². The second kappa shape index (κ2) is 5.00. The molecule has 0 aliphatic carbocycles. The minimum absolute atomic E-state index is 0.713. The molecule has 23 heavy (non-hydrogen) atoms. The molecule has 0 saturated heterocycles. The highest BCUT2D eigenvalue weighted by Gasteiger charge is 2.15. The van der Waals surface area contributed by atoms with E-state index >= 15 is 0 Å². The normalized spacial score (nSPS) is 11.0. The van der Waals surface area contributed by atoms with Gasteiger partial charge in [0.05, 0.1) is 28.4 Å². The van der Waals surface area contributed by atoms with Crippen molar-refractivity contribution >= 4 is 21.8 Å². The topological polar surface area (TPSA) is 28.7 Å². The molecule has 0 amide bonds. The summed E-state index contributed by atoms with van der Waals surface area (Å²) >= 11 is 0. The van der Waals surface area contributed by atoms with Gasteiger partial charge in [0, 0.05) is 10.8 Å². The Bertz CT molecular complexity index is 1020. The Hall–Kier alpha value is -3.05. The number of hydrogen-bond donors (Lipinski definition) is 0. The minimum atomic E-state index is 0.713. The molecule has 4 rings (SSSR count). The molecular weight excluding hydrogens is 280 g/mol. The maximum atomic E-state index is 9.19. The van der Waals surface area contributed by atoms with E-state index in [0.29, 0.717) is 5.56 Å². The molecule has 110 valence electrons. The predicted octanol–water partition coefficient (Wildman–Crippen LogP) is 5.27. The van der Waals surface area contributed by atoms with E-state index in [1.165, 1.54) is 27.5 Å². The van der Waals surface area contributed by atoms with Crippen LogP contribution in [0.3, 0.4) is 0 Å². The molecule has 1 heterocycles. The number of nitrogens with zero attached hydrogens (tertiary/aromatic N) is 2. The molecular formula is C21H16N2. The van der Waals surface area contributed by atoms with Gasteiger partial charge in [-0.25, -0.2) is 0 Å². The van der Waals surface area contributed by atoms with Gasteiger partial charge in [0.15, 0.2) is 0 Å². The van der Waals surface area contributed by atoms with Crippen LogP contribution < -0.4 is 0 Å². The average molecular weight is 296 g/mol. The van der Waals surface area contributed by atoms with Crippen LogP contribution in [0.5, 0.6) is 0 Å². The number of hydrogen-bond acceptors (Lipinski definition) is 1. The largest absolute Gasteiger partial charge is 0.309 e. The number of fused-ring (bicyclic) bond motifs is 3. The first-order valence-corrected chi connectivity index (χ1v) is 7.70. The summed E-state index contributed by atoms with van der Waals surface area (Å²) in [4.78, 5) is 0. The first-order valence-electron chi connectivity index (χ1n) is 7.70. The third-order valence-corrected chi connectivity index (χ3v) is 4.42. The summed E-state index contributed by atoms with van der Waals surface area (Å²) < 4.78 is 2.32. The third kappa shape index (κ3) is 1.94. The van der Waals surface area contributed by atoms with Crippen molar-refractivity contribution in [2.24, 2.45) is 0 Å². The predicted molar refractivity (Wildman–Crippen MR) is 95.0 cm³/mol. The molecule has 3 aromatic carbocycles. The molecule has 0 aliphatic heterocycles. The van der Waals surface area contributed by atoms with Crippen molar-refractivity contribution in [1.29, 1.82) is 5.26 Å². The number of benzene rings is 3. The summed E-state index contributed by atoms with van der Waals surface area (Å²) in [7, 11) is 0. The van der Waals surface area contributed by atoms with E-state index in [4.69, 9.17) is 0 Å². The molecule has 0 fully saturated rings. The van der Waals surface area contributed by atoms with Gasteiger partial charge in [0.2, 0.25) is 0 Å². The Balaban J connectivity index is 2.20. The van der Waals surface area contributed by atoms with Crippen LogP contribution in [-0.4, -0.2) is 4.57 Å². The molecule has 0 spiro atoms. The van der Waals surface area contributed by atoms with Gasteiger partial charge in [-0.05, 0) is 49.2 Å². The number of rotatable bonds is 1. The summed E-state index contributed by atoms with van der Waals surface area (Å²) in [6.45, 7) is 4.15. The Labute approximate surface area is 135 Å². The molecule has 0 radical (unpaired) electrons. The molecule has 0 atom stereocenters. The maximum Gasteiger partial charge on any atom is 0.0991 e. The van der Waals surface area contributed by atoms with E-state index in [2.05, 4.69) is 73.0 Å². The van der Waals surface area contributed by atoms with Crippen LogP contribution in [0.15, 0.2) is 60.7 Å². The smallest absolute Gasteiger partial charge is 0.0991 e. The zero-order valence-corrected chi connectivity index (χ0v) is 13.2. The Morgan fingerprint density at radius 1 is 0.783 bits per heavy atom. The van der Waals surface area contributed by atoms with E-state index in [0.717, 1.165) is 11.1 Å². The van der Waals surface area contributed by atoms with Crippen molar-refractivity contribution in [3.8, 4) is 11.8 Å². The van der Waals surface area contributed by atoms with Crippen molar-refractivity contribution < 1.29 is 0 Å². The number of aryl methyl sites for hydroxylation is 2. The summed E-state index contributed by atoms with van der Waals surface area (Å²) in [6.07, 6.45) is 0. The summed E-state index contributed by atoms with van der Waals surface area (Å²) in [6, 6.07) is 23.1. The van der Waals surface area contributed by atoms with Crippen LogP contribution in [0.25, 0.3) is 27.5 Å². The van der Waals surface area contributed by atoms with Crippen molar-refractivity contribution in [1.82, 2.24) is 4.57 Å². The van der Waals surface area contributed by atoms with Crippen LogP contribution in [0.1, 0.15) is 16.7 Å². The molecule has 2 nitrogen and oxygen atoms in total. The van der Waals surface area contributed by atoms with Crippen molar-refractivity contribution in [2.45, 2.75) is 13.8 Å². The van der Waals surface area contributed by atoms with E-state index in [1.54, 1.807) is 0 Å². The molecule has 2 heteroatoms. The lowest BCUT2D eigenvalue weighted by Crippen LogP contribution is -2.00. The number of aromatic nitrogens is 1. The van der Waals surface area contributed by atoms with Crippen molar-refractivity contribution in [2.75, 3.05) is 0 Å². The fraction of sp³-hybridized carbons (Fsp3) is 0.0952. The highest BCUT2D eigenvalue weighted by molar-refractivity contribution is 6.09. The van der Waals surface area contributed by atoms with Gasteiger partial charge in [-0.15, -0.1) is 0 Å². The molecule has 0 unspecified atom stereocenters. The van der Waals surface area contributed by atoms with Crippen LogP contribution >= 0.6 is 0 Å². The zero-order valence-electron chi connectivity index (χ0n) is 13.2. The third-order valence-electron chi connectivity index (χ3n) is 4.42. The van der Waals surface area contributed by atoms with E-state index in [9.17, 15) is 5.26 Å². The van der Waals surface area contributed by atoms with Gasteiger partial charge < -0.3 is 4.57 Å². The minimum Gasteiger partial charge on any atom is -0.309 e. The lowest BCUT2D eigenvalue weighted by Gasteiger charge is -2.14. The summed E-state index contributed by atoms with van der Waals surface area (Å²) in [5, 5.41) is 11.7. The van der Waals surface area contributed by atoms with Crippen LogP contribution in [0.2, 0.25) is 0 Å². The highest BCUT2D eigenvalue weighted by Crippen LogP contribution is 2.34. The maximum absolute atomic E-state index is 9.19. The Morgan fingerprint density at radius 2 is 1.26 bits per heavy atom. The molecule has 0 bridgehead atoms. The van der Waals surface area contributed by atoms with Gasteiger partial charge in [-0.3, -0.25) is 0 Å². The van der Waals surface area contributed by atoms with E-state index in [1.807, 2.05) is 12.1 Å². The van der Waals surface area contributed by atoms with E-state index < -0.39 is 0 Å². The van der Waals surface area contributed by atoms with Gasteiger partial charge in [-0.2, -0.15) is 5.26 Å². The lowest BCUT2D eigenvalue weighted by atomic mass is 10.0. The lowest BCUT2D eigenvalue weighted by molar-refractivity contribution is 1.12. The van der Waals surface area contributed by atoms with Gasteiger partial charge in [0.25, 0.3) is 0 Å². The standard InChI is InChI=1S/C21H16N2/c1-14-11-16(13-22)12-15(2)21(14)23-19-9-5-3-7-17(19)18-8-4-6-10-20(18)23/h3-12H,1-2H3. The second-order valence-corrected chi connectivity index (χ2v) is 5.94. The number of para-hydroxylation sites is 2. The fourth-order valence-electron chi connectivity index (χ4n) is 3.54. The molecule has 0 N–H and O–H groups in total. The first-order chi connectivity index (χ1) is 11.2. The molecule has 1 aromatic heterocycles. The Kier molecular flexibility index (Phi) is 2.96. The second-order valence-electron chi connectivity index (χ2n) is 5.94. The molecule has 4 aromatic rings. The number of nitriles is 1. The monoisotopic (exact) mass is 296 g/mol. The molecule has 0 aliphatic rings. The van der Waals surface area contributed by atoms with E-state index in [-0.39, 0.29) is 0 Å². The average Bonchev–Trinajstić information content (AvgIpc) is 2.89. The first kappa shape index (κ1) is 13.6. The Morgan fingerprint density at radius 3 is 1.74 bits per heavy atom. The van der Waals surface area contributed by atoms with Gasteiger partial charge >= 0.3 is 0 Å². The fourth-order valence-corrected chi connectivity index (χ4v) is 3.54. The van der Waals surface area contributed by atoms with Crippen LogP contribution in [-0.2, 0) is 0 Å². The molecule has 0 saturated carbocycles. The quantitative estimate of drug-likeness (QED) is 0.470. The van der Waals surface area contributed by atoms with Gasteiger partial charge in [-0.1, -0.05) is 36.4 Å². The van der Waals surface area contributed by atoms with Gasteiger partial charge in [0.1, 0.15) is 0 Å². The zero-order chi connectivity index (χ0) is 16.0. The van der Waals surface area contributed by atoms with Crippen molar-refractivity contribution in [3.63, 3.8) is 0 Å².